The summed E-state index contributed by atoms with van der Waals surface area (Å²) >= 11 is 0. The second-order valence-electron chi connectivity index (χ2n) is 5.85. The van der Waals surface area contributed by atoms with E-state index in [-0.39, 0.29) is 41.8 Å². The van der Waals surface area contributed by atoms with Gasteiger partial charge in [0.15, 0.2) is 11.6 Å². The van der Waals surface area contributed by atoms with Crippen molar-refractivity contribution in [1.29, 1.82) is 0 Å². The molecule has 3 N–H and O–H groups in total. The van der Waals surface area contributed by atoms with Crippen LogP contribution in [0.15, 0.2) is 48.5 Å². The molecule has 0 heterocycles. The van der Waals surface area contributed by atoms with Crippen molar-refractivity contribution >= 4 is 18.3 Å². The van der Waals surface area contributed by atoms with Crippen molar-refractivity contribution in [3.05, 3.63) is 71.3 Å². The van der Waals surface area contributed by atoms with Crippen molar-refractivity contribution in [3.63, 3.8) is 0 Å². The number of carbonyl (C=O) groups is 1. The van der Waals surface area contributed by atoms with Gasteiger partial charge in [-0.15, -0.1) is 12.4 Å². The molecule has 1 aliphatic carbocycles. The summed E-state index contributed by atoms with van der Waals surface area (Å²) in [6, 6.07) is 13.3. The minimum Gasteiger partial charge on any atom is -0.354 e. The van der Waals surface area contributed by atoms with Crippen molar-refractivity contribution < 1.29 is 13.6 Å². The molecule has 3 atom stereocenters. The normalized spacial score (nSPS) is 20.0. The van der Waals surface area contributed by atoms with Crippen LogP contribution in [0.3, 0.4) is 0 Å². The highest BCUT2D eigenvalue weighted by atomic mass is 35.5. The monoisotopic (exact) mass is 352 g/mol. The lowest BCUT2D eigenvalue weighted by atomic mass is 10.1. The SMILES string of the molecule is Cl.NC(CNC(=O)C1CC1c1cccc(F)c1F)c1ccccc1. The highest BCUT2D eigenvalue weighted by Gasteiger charge is 2.45. The fraction of sp³-hybridized carbons (Fsp3) is 0.278. The van der Waals surface area contributed by atoms with Crippen LogP contribution in [0, 0.1) is 17.6 Å². The molecule has 128 valence electrons. The summed E-state index contributed by atoms with van der Waals surface area (Å²) < 4.78 is 27.0. The van der Waals surface area contributed by atoms with E-state index < -0.39 is 11.6 Å². The number of amides is 1. The molecule has 2 aromatic rings. The molecule has 3 nitrogen and oxygen atoms in total. The van der Waals surface area contributed by atoms with Crippen LogP contribution >= 0.6 is 12.4 Å². The largest absolute Gasteiger partial charge is 0.354 e. The molecule has 1 fully saturated rings. The van der Waals surface area contributed by atoms with Gasteiger partial charge < -0.3 is 11.1 Å². The van der Waals surface area contributed by atoms with E-state index in [1.165, 1.54) is 12.1 Å². The van der Waals surface area contributed by atoms with Gasteiger partial charge in [-0.2, -0.15) is 0 Å². The summed E-state index contributed by atoms with van der Waals surface area (Å²) in [4.78, 5) is 12.1. The molecule has 2 aromatic carbocycles. The first-order valence-corrected chi connectivity index (χ1v) is 7.60. The second-order valence-corrected chi connectivity index (χ2v) is 5.85. The number of rotatable bonds is 5. The Morgan fingerprint density at radius 2 is 1.88 bits per heavy atom. The maximum atomic E-state index is 13.7. The van der Waals surface area contributed by atoms with Gasteiger partial charge in [0.2, 0.25) is 5.91 Å². The summed E-state index contributed by atoms with van der Waals surface area (Å²) in [5, 5.41) is 2.80. The van der Waals surface area contributed by atoms with Gasteiger partial charge in [0.25, 0.3) is 0 Å². The van der Waals surface area contributed by atoms with Gasteiger partial charge in [-0.05, 0) is 29.5 Å². The van der Waals surface area contributed by atoms with Crippen molar-refractivity contribution in [2.24, 2.45) is 11.7 Å². The van der Waals surface area contributed by atoms with E-state index in [9.17, 15) is 13.6 Å². The number of hydrogen-bond acceptors (Lipinski definition) is 2. The molecule has 1 amide bonds. The molecule has 24 heavy (non-hydrogen) atoms. The summed E-state index contributed by atoms with van der Waals surface area (Å²) in [6.45, 7) is 0.317. The van der Waals surface area contributed by atoms with Crippen LogP contribution < -0.4 is 11.1 Å². The lowest BCUT2D eigenvalue weighted by Crippen LogP contribution is -2.33. The second kappa shape index (κ2) is 7.73. The molecule has 0 bridgehead atoms. The number of halogens is 3. The summed E-state index contributed by atoms with van der Waals surface area (Å²) in [6.07, 6.45) is 0.535. The summed E-state index contributed by atoms with van der Waals surface area (Å²) in [7, 11) is 0. The van der Waals surface area contributed by atoms with E-state index in [1.54, 1.807) is 0 Å². The Balaban J connectivity index is 0.00000208. The molecule has 0 aliphatic heterocycles. The fourth-order valence-corrected chi connectivity index (χ4v) is 2.80. The predicted octanol–water partition coefficient (Wildman–Crippen LogP) is 3.31. The average Bonchev–Trinajstić information content (AvgIpc) is 3.36. The van der Waals surface area contributed by atoms with Crippen LogP contribution in [0.4, 0.5) is 8.78 Å². The lowest BCUT2D eigenvalue weighted by molar-refractivity contribution is -0.122. The van der Waals surface area contributed by atoms with Crippen LogP contribution in [-0.2, 0) is 4.79 Å². The third kappa shape index (κ3) is 3.91. The minimum atomic E-state index is -0.875. The molecule has 0 aromatic heterocycles. The first-order chi connectivity index (χ1) is 11.1. The summed E-state index contributed by atoms with van der Waals surface area (Å²) in [5.74, 6) is -2.45. The van der Waals surface area contributed by atoms with E-state index in [0.717, 1.165) is 11.6 Å². The molecule has 3 unspecified atom stereocenters. The Hall–Kier alpha value is -1.98. The standard InChI is InChI=1S/C18H18F2N2O.ClH/c19-15-8-4-7-12(17(15)20)13-9-14(13)18(23)22-10-16(21)11-5-2-1-3-6-11;/h1-8,13-14,16H,9-10,21H2,(H,22,23);1H. The molecule has 0 radical (unpaired) electrons. The number of benzene rings is 2. The van der Waals surface area contributed by atoms with E-state index in [2.05, 4.69) is 5.32 Å². The molecular weight excluding hydrogens is 334 g/mol. The first-order valence-electron chi connectivity index (χ1n) is 7.60. The smallest absolute Gasteiger partial charge is 0.223 e. The summed E-state index contributed by atoms with van der Waals surface area (Å²) in [5.41, 5.74) is 7.25. The maximum Gasteiger partial charge on any atom is 0.223 e. The lowest BCUT2D eigenvalue weighted by Gasteiger charge is -2.13. The molecule has 0 spiro atoms. The Morgan fingerprint density at radius 1 is 1.17 bits per heavy atom. The highest BCUT2D eigenvalue weighted by Crippen LogP contribution is 2.48. The number of carbonyl (C=O) groups excluding carboxylic acids is 1. The molecule has 6 heteroatoms. The van der Waals surface area contributed by atoms with Crippen LogP contribution in [0.25, 0.3) is 0 Å². The van der Waals surface area contributed by atoms with Gasteiger partial charge in [0.05, 0.1) is 0 Å². The Bertz CT molecular complexity index is 711. The van der Waals surface area contributed by atoms with E-state index in [1.807, 2.05) is 30.3 Å². The maximum absolute atomic E-state index is 13.7. The Labute approximate surface area is 145 Å². The highest BCUT2D eigenvalue weighted by molar-refractivity contribution is 5.85. The topological polar surface area (TPSA) is 55.1 Å². The van der Waals surface area contributed by atoms with Gasteiger partial charge in [-0.25, -0.2) is 8.78 Å². The quantitative estimate of drug-likeness (QED) is 0.867. The molecule has 3 rings (SSSR count). The van der Waals surface area contributed by atoms with E-state index >= 15 is 0 Å². The first kappa shape index (κ1) is 18.4. The number of hydrogen-bond donors (Lipinski definition) is 2. The zero-order valence-corrected chi connectivity index (χ0v) is 13.7. The fourth-order valence-electron chi connectivity index (χ4n) is 2.80. The van der Waals surface area contributed by atoms with Crippen molar-refractivity contribution in [3.8, 4) is 0 Å². The zero-order chi connectivity index (χ0) is 16.4. The third-order valence-electron chi connectivity index (χ3n) is 4.23. The van der Waals surface area contributed by atoms with E-state index in [0.29, 0.717) is 13.0 Å². The minimum absolute atomic E-state index is 0. The van der Waals surface area contributed by atoms with Crippen LogP contribution in [-0.4, -0.2) is 12.5 Å². The van der Waals surface area contributed by atoms with Crippen LogP contribution in [0.2, 0.25) is 0 Å². The molecule has 0 saturated heterocycles. The van der Waals surface area contributed by atoms with Gasteiger partial charge in [-0.1, -0.05) is 42.5 Å². The van der Waals surface area contributed by atoms with Crippen molar-refractivity contribution in [2.75, 3.05) is 6.54 Å². The third-order valence-corrected chi connectivity index (χ3v) is 4.23. The van der Waals surface area contributed by atoms with Crippen LogP contribution in [0.1, 0.15) is 29.5 Å². The zero-order valence-electron chi connectivity index (χ0n) is 12.9. The van der Waals surface area contributed by atoms with Gasteiger partial charge in [0.1, 0.15) is 0 Å². The van der Waals surface area contributed by atoms with Crippen LogP contribution in [0.5, 0.6) is 0 Å². The number of nitrogens with two attached hydrogens (primary N) is 1. The van der Waals surface area contributed by atoms with Gasteiger partial charge in [-0.3, -0.25) is 4.79 Å². The average molecular weight is 353 g/mol. The Kier molecular flexibility index (Phi) is 5.91. The predicted molar refractivity (Wildman–Crippen MR) is 90.8 cm³/mol. The molecular formula is C18H19ClF2N2O. The van der Waals surface area contributed by atoms with Gasteiger partial charge in [0, 0.05) is 18.5 Å². The number of nitrogens with one attached hydrogen (secondary N) is 1. The Morgan fingerprint density at radius 3 is 2.58 bits per heavy atom. The molecule has 1 saturated carbocycles. The van der Waals surface area contributed by atoms with Gasteiger partial charge >= 0.3 is 0 Å². The molecule has 1 aliphatic rings. The van der Waals surface area contributed by atoms with Crippen molar-refractivity contribution in [1.82, 2.24) is 5.32 Å². The van der Waals surface area contributed by atoms with E-state index in [4.69, 9.17) is 5.73 Å². The van der Waals surface area contributed by atoms with Crippen molar-refractivity contribution in [2.45, 2.75) is 18.4 Å².